The first-order valence-electron chi connectivity index (χ1n) is 7.89. The van der Waals surface area contributed by atoms with E-state index in [0.29, 0.717) is 10.7 Å². The van der Waals surface area contributed by atoms with Gasteiger partial charge in [0.15, 0.2) is 4.77 Å². The van der Waals surface area contributed by atoms with E-state index < -0.39 is 0 Å². The number of halogens is 1. The van der Waals surface area contributed by atoms with Gasteiger partial charge < -0.3 is 9.47 Å². The summed E-state index contributed by atoms with van der Waals surface area (Å²) < 4.78 is 3.54. The van der Waals surface area contributed by atoms with E-state index >= 15 is 0 Å². The summed E-state index contributed by atoms with van der Waals surface area (Å²) >= 11 is 8.65. The van der Waals surface area contributed by atoms with Gasteiger partial charge in [-0.05, 0) is 42.8 Å². The maximum atomic E-state index is 12.4. The van der Waals surface area contributed by atoms with Gasteiger partial charge in [0.25, 0.3) is 0 Å². The predicted molar refractivity (Wildman–Crippen MR) is 100 cm³/mol. The smallest absolute Gasteiger partial charge is 0.246 e. The van der Waals surface area contributed by atoms with Crippen LogP contribution in [0.1, 0.15) is 30.1 Å². The summed E-state index contributed by atoms with van der Waals surface area (Å²) in [6.45, 7) is 1.48. The van der Waals surface area contributed by atoms with E-state index in [4.69, 9.17) is 12.2 Å². The highest BCUT2D eigenvalue weighted by atomic mass is 79.9. The third-order valence-corrected chi connectivity index (χ3v) is 5.48. The fraction of sp³-hybridized carbons (Fsp3) is 0.353. The van der Waals surface area contributed by atoms with Crippen LogP contribution in [-0.4, -0.2) is 38.7 Å². The molecule has 1 saturated heterocycles. The molecular weight excluding hydrogens is 388 g/mol. The lowest BCUT2D eigenvalue weighted by Crippen LogP contribution is -2.37. The van der Waals surface area contributed by atoms with Crippen molar-refractivity contribution in [1.29, 1.82) is 0 Å². The van der Waals surface area contributed by atoms with Gasteiger partial charge in [0.2, 0.25) is 5.91 Å². The van der Waals surface area contributed by atoms with Crippen molar-refractivity contribution >= 4 is 40.1 Å². The second-order valence-electron chi connectivity index (χ2n) is 5.90. The molecule has 0 atom stereocenters. The zero-order valence-electron chi connectivity index (χ0n) is 13.4. The van der Waals surface area contributed by atoms with Gasteiger partial charge in [-0.15, -0.1) is 0 Å². The van der Waals surface area contributed by atoms with E-state index in [-0.39, 0.29) is 5.91 Å². The lowest BCUT2D eigenvalue weighted by molar-refractivity contribution is -0.127. The molecule has 126 valence electrons. The molecule has 1 fully saturated rings. The summed E-state index contributed by atoms with van der Waals surface area (Å²) in [4.78, 5) is 14.3. The van der Waals surface area contributed by atoms with Crippen LogP contribution >= 0.6 is 28.1 Å². The van der Waals surface area contributed by atoms with Gasteiger partial charge in [0.05, 0.1) is 0 Å². The minimum absolute atomic E-state index is 0.0552. The summed E-state index contributed by atoms with van der Waals surface area (Å²) in [5.74, 6) is 1.38. The number of hydrogen-bond acceptors (Lipinski definition) is 3. The fourth-order valence-corrected chi connectivity index (χ4v) is 3.52. The number of aromatic amines is 1. The van der Waals surface area contributed by atoms with E-state index in [1.807, 2.05) is 46.9 Å². The molecule has 1 aromatic heterocycles. The van der Waals surface area contributed by atoms with Gasteiger partial charge in [0, 0.05) is 36.6 Å². The van der Waals surface area contributed by atoms with Crippen LogP contribution in [0, 0.1) is 4.77 Å². The molecule has 0 unspecified atom stereocenters. The molecule has 1 amide bonds. The maximum Gasteiger partial charge on any atom is 0.246 e. The molecule has 0 saturated carbocycles. The quantitative estimate of drug-likeness (QED) is 0.624. The second kappa shape index (κ2) is 7.44. The monoisotopic (exact) mass is 406 g/mol. The molecule has 0 spiro atoms. The number of carbonyl (C=O) groups is 1. The third kappa shape index (κ3) is 3.67. The number of piperidine rings is 1. The van der Waals surface area contributed by atoms with Gasteiger partial charge in [-0.3, -0.25) is 9.89 Å². The third-order valence-electron chi connectivity index (χ3n) is 4.40. The van der Waals surface area contributed by atoms with Crippen LogP contribution < -0.4 is 0 Å². The number of amides is 1. The Labute approximate surface area is 154 Å². The number of carbonyl (C=O) groups excluding carboxylic acids is 1. The van der Waals surface area contributed by atoms with Gasteiger partial charge in [0.1, 0.15) is 5.82 Å². The van der Waals surface area contributed by atoms with E-state index in [2.05, 4.69) is 26.1 Å². The van der Waals surface area contributed by atoms with Crippen molar-refractivity contribution in [3.8, 4) is 0 Å². The SMILES string of the molecule is Cn1c(C2CCN(C(=O)/C=C/c3ccccc3Br)CC2)n[nH]c1=S. The molecule has 1 aliphatic rings. The molecule has 0 aliphatic carbocycles. The Morgan fingerprint density at radius 1 is 1.38 bits per heavy atom. The number of rotatable bonds is 3. The predicted octanol–water partition coefficient (Wildman–Crippen LogP) is 3.66. The molecule has 0 radical (unpaired) electrons. The minimum atomic E-state index is 0.0552. The Morgan fingerprint density at radius 3 is 2.71 bits per heavy atom. The van der Waals surface area contributed by atoms with Crippen molar-refractivity contribution < 1.29 is 4.79 Å². The zero-order valence-corrected chi connectivity index (χ0v) is 15.8. The Hall–Kier alpha value is -1.73. The number of nitrogens with zero attached hydrogens (tertiary/aromatic N) is 3. The molecule has 5 nitrogen and oxygen atoms in total. The highest BCUT2D eigenvalue weighted by Gasteiger charge is 2.25. The highest BCUT2D eigenvalue weighted by Crippen LogP contribution is 2.26. The molecule has 2 heterocycles. The van der Waals surface area contributed by atoms with E-state index in [1.54, 1.807) is 6.08 Å². The van der Waals surface area contributed by atoms with Crippen molar-refractivity contribution in [3.63, 3.8) is 0 Å². The van der Waals surface area contributed by atoms with Crippen molar-refractivity contribution in [3.05, 3.63) is 51.0 Å². The summed E-state index contributed by atoms with van der Waals surface area (Å²) in [5.41, 5.74) is 1.00. The Bertz CT molecular complexity index is 818. The Balaban J connectivity index is 1.60. The molecule has 0 bridgehead atoms. The summed E-state index contributed by atoms with van der Waals surface area (Å²) in [7, 11) is 1.93. The van der Waals surface area contributed by atoms with E-state index in [0.717, 1.165) is 41.8 Å². The standard InChI is InChI=1S/C17H19BrN4OS/c1-21-16(19-20-17(21)24)13-8-10-22(11-9-13)15(23)7-6-12-4-2-3-5-14(12)18/h2-7,13H,8-11H2,1H3,(H,20,24)/b7-6+. The number of likely N-dealkylation sites (tertiary alicyclic amines) is 1. The van der Waals surface area contributed by atoms with Crippen molar-refractivity contribution in [2.24, 2.45) is 7.05 Å². The summed E-state index contributed by atoms with van der Waals surface area (Å²) in [6, 6.07) is 7.85. The number of nitrogens with one attached hydrogen (secondary N) is 1. The number of aromatic nitrogens is 3. The Morgan fingerprint density at radius 2 is 2.08 bits per heavy atom. The number of benzene rings is 1. The fourth-order valence-electron chi connectivity index (χ4n) is 2.96. The molecule has 7 heteroatoms. The molecular formula is C17H19BrN4OS. The average molecular weight is 407 g/mol. The van der Waals surface area contributed by atoms with Gasteiger partial charge in [-0.1, -0.05) is 34.1 Å². The highest BCUT2D eigenvalue weighted by molar-refractivity contribution is 9.10. The zero-order chi connectivity index (χ0) is 17.1. The van der Waals surface area contributed by atoms with Crippen LogP contribution in [0.4, 0.5) is 0 Å². The van der Waals surface area contributed by atoms with Crippen LogP contribution in [0.15, 0.2) is 34.8 Å². The van der Waals surface area contributed by atoms with E-state index in [1.165, 1.54) is 0 Å². The molecule has 24 heavy (non-hydrogen) atoms. The minimum Gasteiger partial charge on any atom is -0.339 e. The van der Waals surface area contributed by atoms with Gasteiger partial charge in [-0.2, -0.15) is 5.10 Å². The number of H-pyrrole nitrogens is 1. The van der Waals surface area contributed by atoms with Crippen LogP contribution in [-0.2, 0) is 11.8 Å². The molecule has 1 aromatic carbocycles. The topological polar surface area (TPSA) is 53.9 Å². The Kier molecular flexibility index (Phi) is 5.30. The van der Waals surface area contributed by atoms with Crippen molar-refractivity contribution in [2.75, 3.05) is 13.1 Å². The average Bonchev–Trinajstić information content (AvgIpc) is 2.93. The van der Waals surface area contributed by atoms with Gasteiger partial charge in [-0.25, -0.2) is 0 Å². The van der Waals surface area contributed by atoms with E-state index in [9.17, 15) is 4.79 Å². The molecule has 2 aromatic rings. The van der Waals surface area contributed by atoms with Crippen molar-refractivity contribution in [2.45, 2.75) is 18.8 Å². The first-order chi connectivity index (χ1) is 11.6. The normalized spacial score (nSPS) is 16.0. The first kappa shape index (κ1) is 17.1. The van der Waals surface area contributed by atoms with Crippen LogP contribution in [0.5, 0.6) is 0 Å². The lowest BCUT2D eigenvalue weighted by Gasteiger charge is -2.30. The number of hydrogen-bond donors (Lipinski definition) is 1. The van der Waals surface area contributed by atoms with Crippen LogP contribution in [0.3, 0.4) is 0 Å². The van der Waals surface area contributed by atoms with Crippen LogP contribution in [0.25, 0.3) is 6.08 Å². The molecule has 3 rings (SSSR count). The van der Waals surface area contributed by atoms with Gasteiger partial charge >= 0.3 is 0 Å². The molecule has 1 aliphatic heterocycles. The molecule has 1 N–H and O–H groups in total. The maximum absolute atomic E-state index is 12.4. The summed E-state index contributed by atoms with van der Waals surface area (Å²) in [6.07, 6.45) is 5.32. The first-order valence-corrected chi connectivity index (χ1v) is 9.09. The largest absolute Gasteiger partial charge is 0.339 e. The summed E-state index contributed by atoms with van der Waals surface area (Å²) in [5, 5.41) is 7.15. The lowest BCUT2D eigenvalue weighted by atomic mass is 9.96. The second-order valence-corrected chi connectivity index (χ2v) is 7.14. The van der Waals surface area contributed by atoms with Crippen LogP contribution in [0.2, 0.25) is 0 Å². The van der Waals surface area contributed by atoms with Crippen molar-refractivity contribution in [1.82, 2.24) is 19.7 Å².